The van der Waals surface area contributed by atoms with Gasteiger partial charge in [0.1, 0.15) is 12.3 Å². The van der Waals surface area contributed by atoms with Crippen LogP contribution in [-0.2, 0) is 11.9 Å². The number of fused-ring (bicyclic) bond motifs is 2. The Labute approximate surface area is 262 Å². The first kappa shape index (κ1) is 30.2. The number of anilines is 1. The Kier molecular flexibility index (Phi) is 10.5. The number of hydrogen-bond donors (Lipinski definition) is 3. The topological polar surface area (TPSA) is 91.6 Å². The molecule has 0 atom stereocenters. The van der Waals surface area contributed by atoms with E-state index in [9.17, 15) is 9.59 Å². The highest BCUT2D eigenvalue weighted by molar-refractivity contribution is 9.10. The van der Waals surface area contributed by atoms with E-state index in [0.717, 1.165) is 43.0 Å². The minimum absolute atomic E-state index is 0.301. The van der Waals surface area contributed by atoms with Gasteiger partial charge in [0.05, 0.1) is 11.1 Å². The zero-order valence-corrected chi connectivity index (χ0v) is 26.3. The largest absolute Gasteiger partial charge is 0.478 e. The number of carboxylic acid groups (broad SMARTS) is 2. The molecule has 0 spiro atoms. The highest BCUT2D eigenvalue weighted by atomic mass is 79.9. The van der Waals surface area contributed by atoms with Gasteiger partial charge in [-0.2, -0.15) is 5.32 Å². The summed E-state index contributed by atoms with van der Waals surface area (Å²) in [5.74, 6) is -1.80. The van der Waals surface area contributed by atoms with Crippen molar-refractivity contribution < 1.29 is 19.8 Å². The molecule has 6 rings (SSSR count). The summed E-state index contributed by atoms with van der Waals surface area (Å²) >= 11 is 10.2. The van der Waals surface area contributed by atoms with Crippen molar-refractivity contribution in [2.45, 2.75) is 11.9 Å². The fourth-order valence-corrected chi connectivity index (χ4v) is 5.29. The Morgan fingerprint density at radius 2 is 1.41 bits per heavy atom. The van der Waals surface area contributed by atoms with E-state index in [1.54, 1.807) is 36.4 Å². The minimum Gasteiger partial charge on any atom is -0.478 e. The summed E-state index contributed by atoms with van der Waals surface area (Å²) in [5, 5.41) is 22.4. The fourth-order valence-electron chi connectivity index (χ4n) is 4.04. The smallest absolute Gasteiger partial charge is 0.337 e. The van der Waals surface area contributed by atoms with Crippen molar-refractivity contribution in [2.75, 3.05) is 5.32 Å². The number of hydrogen-bond acceptors (Lipinski definition) is 3. The number of benzene rings is 4. The maximum atomic E-state index is 11.0. The average Bonchev–Trinajstić information content (AvgIpc) is 3.60. The number of carboxylic acids is 2. The van der Waals surface area contributed by atoms with Gasteiger partial charge in [-0.05, 0) is 65.7 Å². The summed E-state index contributed by atoms with van der Waals surface area (Å²) in [5.41, 5.74) is 5.92. The van der Waals surface area contributed by atoms with E-state index in [1.165, 1.54) is 11.1 Å². The molecular weight excluding hydrogens is 716 g/mol. The first-order valence-electron chi connectivity index (χ1n) is 12.3. The summed E-state index contributed by atoms with van der Waals surface area (Å²) in [4.78, 5) is 21.5. The summed E-state index contributed by atoms with van der Waals surface area (Å²) < 4.78 is 4.31. The number of alkyl halides is 1. The maximum Gasteiger partial charge on any atom is 0.337 e. The van der Waals surface area contributed by atoms with Crippen LogP contribution in [-0.4, -0.2) is 26.7 Å². The van der Waals surface area contributed by atoms with Gasteiger partial charge < -0.3 is 14.8 Å². The van der Waals surface area contributed by atoms with Crippen LogP contribution in [0, 0.1) is 6.20 Å². The molecule has 0 saturated heterocycles. The van der Waals surface area contributed by atoms with E-state index in [1.807, 2.05) is 42.6 Å². The van der Waals surface area contributed by atoms with Gasteiger partial charge in [-0.15, -0.1) is 0 Å². The van der Waals surface area contributed by atoms with Gasteiger partial charge in [-0.3, -0.25) is 0 Å². The summed E-state index contributed by atoms with van der Waals surface area (Å²) in [6, 6.07) is 28.4. The molecule has 0 radical (unpaired) electrons. The zero-order chi connectivity index (χ0) is 29.4. The molecule has 2 heterocycles. The van der Waals surface area contributed by atoms with Crippen molar-refractivity contribution in [2.24, 2.45) is 0 Å². The van der Waals surface area contributed by atoms with Gasteiger partial charge in [0, 0.05) is 50.1 Å². The first-order valence-corrected chi connectivity index (χ1v) is 15.0. The molecule has 0 fully saturated rings. The number of aromatic nitrogens is 1. The predicted octanol–water partition coefficient (Wildman–Crippen LogP) is 9.08. The average molecular weight is 740 g/mol. The number of carbonyl (C=O) groups is 2. The second-order valence-corrected chi connectivity index (χ2v) is 11.3. The lowest BCUT2D eigenvalue weighted by Crippen LogP contribution is -1.99. The maximum absolute atomic E-state index is 11.0. The molecule has 1 aliphatic rings. The second kappa shape index (κ2) is 14.2. The van der Waals surface area contributed by atoms with Crippen LogP contribution >= 0.6 is 47.8 Å². The van der Waals surface area contributed by atoms with Gasteiger partial charge in [0.25, 0.3) is 0 Å². The van der Waals surface area contributed by atoms with Crippen molar-refractivity contribution in [1.82, 2.24) is 4.57 Å². The van der Waals surface area contributed by atoms with E-state index in [-0.39, 0.29) is 0 Å². The normalized spacial score (nSPS) is 10.8. The van der Waals surface area contributed by atoms with Crippen LogP contribution < -0.4 is 5.32 Å². The van der Waals surface area contributed by atoms with Crippen LogP contribution in [0.2, 0.25) is 0 Å². The molecule has 1 aliphatic heterocycles. The lowest BCUT2D eigenvalue weighted by atomic mass is 10.1. The highest BCUT2D eigenvalue weighted by Crippen LogP contribution is 2.23. The minimum atomic E-state index is -0.905. The summed E-state index contributed by atoms with van der Waals surface area (Å²) in [6.07, 6.45) is 6.49. The van der Waals surface area contributed by atoms with Crippen molar-refractivity contribution in [3.8, 4) is 0 Å². The third kappa shape index (κ3) is 8.38. The van der Waals surface area contributed by atoms with Gasteiger partial charge in [-0.25, -0.2) is 9.59 Å². The molecule has 9 heteroatoms. The molecule has 3 N–H and O–H groups in total. The number of halogens is 3. The molecule has 4 aromatic carbocycles. The van der Waals surface area contributed by atoms with E-state index in [0.29, 0.717) is 11.1 Å². The molecule has 0 amide bonds. The molecular formula is C32H24Br3N2O4+. The number of nitrogens with one attached hydrogen (secondary N) is 1. The molecule has 0 unspecified atom stereocenters. The van der Waals surface area contributed by atoms with E-state index in [4.69, 9.17) is 10.2 Å². The summed E-state index contributed by atoms with van der Waals surface area (Å²) in [6.45, 7) is 0.759. The standard InChI is InChI=1S/C16H12BrNO2.C9H5NO2.C7H6Br2/c17-14-3-1-2-11(8-14)10-18-7-6-12-9-13(16(19)20)4-5-15(12)18;11-9(12)7-1-2-8-6(5-7)3-4-10-8;8-5-6-2-1-3-7(9)4-6/h1-9H,10H2,(H,19,20);1-3,5,10H;1-4H,5H2/p+1. The molecule has 6 nitrogen and oxygen atoms in total. The van der Waals surface area contributed by atoms with Gasteiger partial charge in [-0.1, -0.05) is 72.1 Å². The Morgan fingerprint density at radius 1 is 0.780 bits per heavy atom. The first-order chi connectivity index (χ1) is 19.7. The molecule has 206 valence electrons. The summed E-state index contributed by atoms with van der Waals surface area (Å²) in [7, 11) is 0. The molecule has 5 aromatic rings. The van der Waals surface area contributed by atoms with Crippen molar-refractivity contribution in [3.63, 3.8) is 0 Å². The van der Waals surface area contributed by atoms with Crippen molar-refractivity contribution in [3.05, 3.63) is 140 Å². The lowest BCUT2D eigenvalue weighted by Gasteiger charge is -2.06. The third-order valence-corrected chi connectivity index (χ3v) is 7.67. The number of nitrogens with zero attached hydrogens (tertiary/aromatic N) is 1. The third-order valence-electron chi connectivity index (χ3n) is 6.04. The van der Waals surface area contributed by atoms with Crippen LogP contribution in [0.15, 0.2) is 106 Å². The Morgan fingerprint density at radius 3 is 2.05 bits per heavy atom. The van der Waals surface area contributed by atoms with E-state index in [2.05, 4.69) is 88.1 Å². The monoisotopic (exact) mass is 737 g/mol. The van der Waals surface area contributed by atoms with Gasteiger partial charge >= 0.3 is 11.9 Å². The second-order valence-electron chi connectivity index (χ2n) is 8.94. The quantitative estimate of drug-likeness (QED) is 0.124. The Bertz CT molecular complexity index is 1730. The number of aromatic carboxylic acids is 2. The molecule has 0 saturated carbocycles. The van der Waals surface area contributed by atoms with Crippen molar-refractivity contribution in [1.29, 1.82) is 0 Å². The zero-order valence-electron chi connectivity index (χ0n) is 21.5. The predicted molar refractivity (Wildman–Crippen MR) is 174 cm³/mol. The Balaban J connectivity index is 0.000000156. The SMILES string of the molecule is BrCc1cccc(Br)c1.O=C(O)c1ccc2c(c1)C=[C+]N2.O=C(O)c1ccc2c(ccn2Cc2cccc(Br)c2)c1. The fraction of sp³-hybridized carbons (Fsp3) is 0.0625. The van der Waals surface area contributed by atoms with Crippen LogP contribution in [0.4, 0.5) is 5.69 Å². The van der Waals surface area contributed by atoms with Crippen LogP contribution in [0.3, 0.4) is 0 Å². The van der Waals surface area contributed by atoms with Crippen LogP contribution in [0.1, 0.15) is 37.4 Å². The highest BCUT2D eigenvalue weighted by Gasteiger charge is 2.18. The van der Waals surface area contributed by atoms with E-state index < -0.39 is 11.9 Å². The van der Waals surface area contributed by atoms with Gasteiger partial charge in [0.2, 0.25) is 0 Å². The number of rotatable bonds is 5. The lowest BCUT2D eigenvalue weighted by molar-refractivity contribution is 0.0686. The molecule has 41 heavy (non-hydrogen) atoms. The molecule has 0 bridgehead atoms. The van der Waals surface area contributed by atoms with Gasteiger partial charge in [0.15, 0.2) is 11.3 Å². The van der Waals surface area contributed by atoms with Crippen molar-refractivity contribution >= 4 is 82.4 Å². The molecule has 1 aromatic heterocycles. The van der Waals surface area contributed by atoms with E-state index >= 15 is 0 Å². The Hall–Kier alpha value is -3.75. The molecule has 0 aliphatic carbocycles. The van der Waals surface area contributed by atoms with Crippen LogP contribution in [0.5, 0.6) is 0 Å². The van der Waals surface area contributed by atoms with Crippen LogP contribution in [0.25, 0.3) is 17.0 Å².